The minimum Gasteiger partial charge on any atom is -0.480 e. The molecule has 2 aromatic rings. The van der Waals surface area contributed by atoms with Crippen LogP contribution >= 0.6 is 0 Å². The standard InChI is InChI=1S/C18H17F2NO3/c1-10-4-3-5-11(2)14(10)9-16(18(23)24)21-17(22)13-7-6-12(19)8-15(13)20/h3-8,16H,9H2,1-2H3,(H,21,22)(H,23,24)/t16-/m0/s1. The number of carboxylic acids is 1. The predicted octanol–water partition coefficient (Wildman–Crippen LogP) is 3.01. The van der Waals surface area contributed by atoms with E-state index in [4.69, 9.17) is 0 Å². The van der Waals surface area contributed by atoms with Gasteiger partial charge in [0.25, 0.3) is 5.91 Å². The topological polar surface area (TPSA) is 66.4 Å². The van der Waals surface area contributed by atoms with Gasteiger partial charge in [0, 0.05) is 12.5 Å². The fourth-order valence-electron chi connectivity index (χ4n) is 2.48. The predicted molar refractivity (Wildman–Crippen MR) is 84.9 cm³/mol. The minimum absolute atomic E-state index is 0.0718. The number of carbonyl (C=O) groups is 2. The highest BCUT2D eigenvalue weighted by Crippen LogP contribution is 2.16. The summed E-state index contributed by atoms with van der Waals surface area (Å²) in [6.07, 6.45) is 0.0718. The number of hydrogen-bond acceptors (Lipinski definition) is 2. The summed E-state index contributed by atoms with van der Waals surface area (Å²) in [4.78, 5) is 23.6. The van der Waals surface area contributed by atoms with Gasteiger partial charge in [0.2, 0.25) is 0 Å². The van der Waals surface area contributed by atoms with Crippen LogP contribution in [0.5, 0.6) is 0 Å². The van der Waals surface area contributed by atoms with Crippen molar-refractivity contribution in [2.75, 3.05) is 0 Å². The van der Waals surface area contributed by atoms with Gasteiger partial charge in [-0.05, 0) is 42.7 Å². The van der Waals surface area contributed by atoms with Crippen molar-refractivity contribution in [1.29, 1.82) is 0 Å². The molecule has 0 aliphatic rings. The maximum atomic E-state index is 13.7. The minimum atomic E-state index is -1.23. The molecule has 0 bridgehead atoms. The molecule has 2 rings (SSSR count). The van der Waals surface area contributed by atoms with Crippen molar-refractivity contribution >= 4 is 11.9 Å². The molecule has 24 heavy (non-hydrogen) atoms. The van der Waals surface area contributed by atoms with Gasteiger partial charge in [0.15, 0.2) is 0 Å². The van der Waals surface area contributed by atoms with E-state index in [0.29, 0.717) is 6.07 Å². The third-order valence-corrected chi connectivity index (χ3v) is 3.83. The normalized spacial score (nSPS) is 11.8. The molecular weight excluding hydrogens is 316 g/mol. The first-order valence-electron chi connectivity index (χ1n) is 7.33. The number of carboxylic acid groups (broad SMARTS) is 1. The Bertz CT molecular complexity index is 770. The molecule has 1 atom stereocenters. The zero-order chi connectivity index (χ0) is 17.9. The second kappa shape index (κ2) is 7.21. The Morgan fingerprint density at radius 2 is 1.75 bits per heavy atom. The second-order valence-electron chi connectivity index (χ2n) is 5.56. The summed E-state index contributed by atoms with van der Waals surface area (Å²) < 4.78 is 26.6. The summed E-state index contributed by atoms with van der Waals surface area (Å²) in [5.41, 5.74) is 2.22. The Hall–Kier alpha value is -2.76. The zero-order valence-electron chi connectivity index (χ0n) is 13.3. The van der Waals surface area contributed by atoms with Crippen LogP contribution in [0.4, 0.5) is 8.78 Å². The van der Waals surface area contributed by atoms with E-state index in [1.165, 1.54) is 0 Å². The van der Waals surface area contributed by atoms with Crippen molar-refractivity contribution in [2.24, 2.45) is 0 Å². The van der Waals surface area contributed by atoms with Crippen LogP contribution in [0.1, 0.15) is 27.0 Å². The summed E-state index contributed by atoms with van der Waals surface area (Å²) in [6.45, 7) is 3.70. The van der Waals surface area contributed by atoms with Gasteiger partial charge in [0.1, 0.15) is 17.7 Å². The summed E-state index contributed by atoms with van der Waals surface area (Å²) in [5, 5.41) is 11.7. The van der Waals surface area contributed by atoms with Crippen molar-refractivity contribution < 1.29 is 23.5 Å². The van der Waals surface area contributed by atoms with Gasteiger partial charge in [-0.1, -0.05) is 18.2 Å². The fourth-order valence-corrected chi connectivity index (χ4v) is 2.48. The molecule has 4 nitrogen and oxygen atoms in total. The molecule has 2 N–H and O–H groups in total. The molecule has 2 aromatic carbocycles. The van der Waals surface area contributed by atoms with Gasteiger partial charge >= 0.3 is 5.97 Å². The number of carbonyl (C=O) groups excluding carboxylic acids is 1. The fraction of sp³-hybridized carbons (Fsp3) is 0.222. The SMILES string of the molecule is Cc1cccc(C)c1C[C@H](NC(=O)c1ccc(F)cc1F)C(=O)O. The van der Waals surface area contributed by atoms with E-state index in [9.17, 15) is 23.5 Å². The molecule has 0 aliphatic heterocycles. The van der Waals surface area contributed by atoms with E-state index in [1.807, 2.05) is 32.0 Å². The van der Waals surface area contributed by atoms with Crippen molar-refractivity contribution in [3.05, 3.63) is 70.3 Å². The molecule has 0 heterocycles. The van der Waals surface area contributed by atoms with Crippen molar-refractivity contribution in [3.63, 3.8) is 0 Å². The Balaban J connectivity index is 2.23. The van der Waals surface area contributed by atoms with E-state index in [1.54, 1.807) is 0 Å². The lowest BCUT2D eigenvalue weighted by atomic mass is 9.96. The summed E-state index contributed by atoms with van der Waals surface area (Å²) in [6, 6.07) is 6.84. The Morgan fingerprint density at radius 1 is 1.12 bits per heavy atom. The first-order chi connectivity index (χ1) is 11.3. The second-order valence-corrected chi connectivity index (χ2v) is 5.56. The molecule has 1 amide bonds. The van der Waals surface area contributed by atoms with E-state index in [2.05, 4.69) is 5.32 Å². The van der Waals surface area contributed by atoms with Gasteiger partial charge in [0.05, 0.1) is 5.56 Å². The van der Waals surface area contributed by atoms with Crippen LogP contribution in [0.15, 0.2) is 36.4 Å². The molecule has 0 saturated heterocycles. The van der Waals surface area contributed by atoms with Crippen LogP contribution in [-0.4, -0.2) is 23.0 Å². The van der Waals surface area contributed by atoms with Crippen LogP contribution < -0.4 is 5.32 Å². The highest BCUT2D eigenvalue weighted by Gasteiger charge is 2.24. The van der Waals surface area contributed by atoms with E-state index in [-0.39, 0.29) is 6.42 Å². The van der Waals surface area contributed by atoms with Crippen LogP contribution in [0.25, 0.3) is 0 Å². The monoisotopic (exact) mass is 333 g/mol. The third-order valence-electron chi connectivity index (χ3n) is 3.83. The average molecular weight is 333 g/mol. The van der Waals surface area contributed by atoms with E-state index in [0.717, 1.165) is 28.8 Å². The Morgan fingerprint density at radius 3 is 2.29 bits per heavy atom. The average Bonchev–Trinajstić information content (AvgIpc) is 2.49. The molecule has 0 unspecified atom stereocenters. The zero-order valence-corrected chi connectivity index (χ0v) is 13.3. The van der Waals surface area contributed by atoms with Gasteiger partial charge in [-0.15, -0.1) is 0 Å². The maximum absolute atomic E-state index is 13.7. The molecule has 6 heteroatoms. The van der Waals surface area contributed by atoms with E-state index >= 15 is 0 Å². The highest BCUT2D eigenvalue weighted by atomic mass is 19.1. The molecule has 0 radical (unpaired) electrons. The molecule has 0 aliphatic carbocycles. The van der Waals surface area contributed by atoms with E-state index < -0.39 is 35.1 Å². The summed E-state index contributed by atoms with van der Waals surface area (Å²) >= 11 is 0. The lowest BCUT2D eigenvalue weighted by Gasteiger charge is -2.17. The Kier molecular flexibility index (Phi) is 5.28. The summed E-state index contributed by atoms with van der Waals surface area (Å²) in [5.74, 6) is -3.97. The van der Waals surface area contributed by atoms with Gasteiger partial charge in [-0.25, -0.2) is 13.6 Å². The number of halogens is 2. The number of benzene rings is 2. The third kappa shape index (κ3) is 3.95. The lowest BCUT2D eigenvalue weighted by molar-refractivity contribution is -0.139. The number of hydrogen-bond donors (Lipinski definition) is 2. The van der Waals surface area contributed by atoms with Crippen molar-refractivity contribution in [2.45, 2.75) is 26.3 Å². The van der Waals surface area contributed by atoms with Gasteiger partial charge in [-0.2, -0.15) is 0 Å². The van der Waals surface area contributed by atoms with Crippen molar-refractivity contribution in [3.8, 4) is 0 Å². The molecule has 0 saturated carbocycles. The number of rotatable bonds is 5. The first-order valence-corrected chi connectivity index (χ1v) is 7.33. The molecule has 0 fully saturated rings. The van der Waals surface area contributed by atoms with Crippen molar-refractivity contribution in [1.82, 2.24) is 5.32 Å². The quantitative estimate of drug-likeness (QED) is 0.884. The number of aliphatic carboxylic acids is 1. The molecule has 0 aromatic heterocycles. The highest BCUT2D eigenvalue weighted by molar-refractivity contribution is 5.96. The molecule has 126 valence electrons. The first kappa shape index (κ1) is 17.6. The molecular formula is C18H17F2NO3. The Labute approximate surface area is 138 Å². The van der Waals surface area contributed by atoms with Gasteiger partial charge in [-0.3, -0.25) is 4.79 Å². The molecule has 0 spiro atoms. The number of amides is 1. The number of aryl methyl sites for hydroxylation is 2. The van der Waals surface area contributed by atoms with Crippen LogP contribution in [0.2, 0.25) is 0 Å². The maximum Gasteiger partial charge on any atom is 0.326 e. The van der Waals surface area contributed by atoms with Crippen LogP contribution in [0, 0.1) is 25.5 Å². The smallest absolute Gasteiger partial charge is 0.326 e. The largest absolute Gasteiger partial charge is 0.480 e. The number of nitrogens with one attached hydrogen (secondary N) is 1. The summed E-state index contributed by atoms with van der Waals surface area (Å²) in [7, 11) is 0. The lowest BCUT2D eigenvalue weighted by Crippen LogP contribution is -2.42. The van der Waals surface area contributed by atoms with Crippen LogP contribution in [-0.2, 0) is 11.2 Å². The van der Waals surface area contributed by atoms with Gasteiger partial charge < -0.3 is 10.4 Å². The van der Waals surface area contributed by atoms with Crippen LogP contribution in [0.3, 0.4) is 0 Å².